The summed E-state index contributed by atoms with van der Waals surface area (Å²) in [6.07, 6.45) is 0. The van der Waals surface area contributed by atoms with Crippen LogP contribution in [0.1, 0.15) is 22.7 Å². The van der Waals surface area contributed by atoms with Crippen molar-refractivity contribution < 1.29 is 33.6 Å². The van der Waals surface area contributed by atoms with E-state index in [9.17, 15) is 14.7 Å². The molecule has 1 N–H and O–H groups in total. The minimum absolute atomic E-state index is 0.0257. The fourth-order valence-corrected chi connectivity index (χ4v) is 3.86. The molecule has 1 saturated heterocycles. The number of benzene rings is 2. The zero-order valence-corrected chi connectivity index (χ0v) is 18.8. The van der Waals surface area contributed by atoms with Gasteiger partial charge in [-0.05, 0) is 48.9 Å². The topological polar surface area (TPSA) is 94.5 Å². The van der Waals surface area contributed by atoms with Crippen LogP contribution in [0.3, 0.4) is 0 Å². The van der Waals surface area contributed by atoms with E-state index in [1.807, 2.05) is 6.92 Å². The number of methoxy groups -OCH3 is 4. The first-order valence-corrected chi connectivity index (χ1v) is 10.0. The van der Waals surface area contributed by atoms with Crippen molar-refractivity contribution in [3.63, 3.8) is 0 Å². The summed E-state index contributed by atoms with van der Waals surface area (Å²) in [5.74, 6) is -0.141. The molecule has 0 radical (unpaired) electrons. The predicted molar refractivity (Wildman–Crippen MR) is 118 cm³/mol. The Hall–Kier alpha value is -3.52. The van der Waals surface area contributed by atoms with Crippen molar-refractivity contribution in [2.24, 2.45) is 0 Å². The maximum Gasteiger partial charge on any atom is 0.295 e. The Bertz CT molecular complexity index is 1060. The van der Waals surface area contributed by atoms with Crippen LogP contribution in [-0.2, 0) is 14.3 Å². The van der Waals surface area contributed by atoms with Crippen LogP contribution in [0.2, 0.25) is 0 Å². The van der Waals surface area contributed by atoms with Crippen LogP contribution in [0.5, 0.6) is 17.2 Å². The molecule has 2 aromatic carbocycles. The number of carbonyl (C=O) groups is 2. The van der Waals surface area contributed by atoms with Crippen LogP contribution in [-0.4, -0.2) is 63.3 Å². The number of ketones is 1. The molecule has 32 heavy (non-hydrogen) atoms. The summed E-state index contributed by atoms with van der Waals surface area (Å²) < 4.78 is 21.3. The average Bonchev–Trinajstić information content (AvgIpc) is 3.06. The van der Waals surface area contributed by atoms with E-state index in [4.69, 9.17) is 18.9 Å². The van der Waals surface area contributed by atoms with Gasteiger partial charge in [0.25, 0.3) is 11.7 Å². The number of ether oxygens (including phenoxy) is 4. The van der Waals surface area contributed by atoms with Crippen LogP contribution in [0.25, 0.3) is 5.76 Å². The van der Waals surface area contributed by atoms with Crippen molar-refractivity contribution in [3.8, 4) is 17.2 Å². The third-order valence-corrected chi connectivity index (χ3v) is 5.48. The lowest BCUT2D eigenvalue weighted by Crippen LogP contribution is -2.32. The number of nitrogens with zero attached hydrogens (tertiary/aromatic N) is 1. The Kier molecular flexibility index (Phi) is 7.05. The number of aryl methyl sites for hydroxylation is 1. The van der Waals surface area contributed by atoms with Gasteiger partial charge in [0.2, 0.25) is 0 Å². The molecule has 1 amide bonds. The molecule has 1 heterocycles. The van der Waals surface area contributed by atoms with Crippen LogP contribution >= 0.6 is 0 Å². The number of amides is 1. The molecule has 1 atom stereocenters. The van der Waals surface area contributed by atoms with Crippen molar-refractivity contribution >= 4 is 17.4 Å². The highest BCUT2D eigenvalue weighted by Crippen LogP contribution is 2.44. The Morgan fingerprint density at radius 1 is 0.969 bits per heavy atom. The SMILES string of the molecule is COCCN1C(=O)C(=O)/C(=C(/O)c2ccc(OC)c(C)c2)[C@@H]1c1cc(OC)ccc1OC. The monoisotopic (exact) mass is 441 g/mol. The summed E-state index contributed by atoms with van der Waals surface area (Å²) in [6.45, 7) is 2.21. The molecule has 170 valence electrons. The number of hydrogen-bond acceptors (Lipinski definition) is 7. The Morgan fingerprint density at radius 3 is 2.25 bits per heavy atom. The first-order chi connectivity index (χ1) is 15.4. The summed E-state index contributed by atoms with van der Waals surface area (Å²) >= 11 is 0. The second-order valence-corrected chi connectivity index (χ2v) is 7.28. The highest BCUT2D eigenvalue weighted by Gasteiger charge is 2.47. The normalized spacial score (nSPS) is 17.5. The zero-order valence-electron chi connectivity index (χ0n) is 18.8. The fourth-order valence-electron chi connectivity index (χ4n) is 3.86. The van der Waals surface area contributed by atoms with Crippen LogP contribution < -0.4 is 14.2 Å². The minimum atomic E-state index is -0.877. The zero-order chi connectivity index (χ0) is 23.4. The number of likely N-dealkylation sites (tertiary alicyclic amines) is 1. The number of aliphatic hydroxyl groups is 1. The van der Waals surface area contributed by atoms with Gasteiger partial charge in [0.1, 0.15) is 23.0 Å². The van der Waals surface area contributed by atoms with Crippen molar-refractivity contribution in [2.45, 2.75) is 13.0 Å². The first-order valence-electron chi connectivity index (χ1n) is 10.0. The Labute approximate surface area is 187 Å². The number of carbonyl (C=O) groups excluding carboxylic acids is 2. The van der Waals surface area contributed by atoms with E-state index >= 15 is 0 Å². The number of rotatable bonds is 8. The molecular weight excluding hydrogens is 414 g/mol. The number of aliphatic hydroxyl groups excluding tert-OH is 1. The minimum Gasteiger partial charge on any atom is -0.507 e. The number of hydrogen-bond donors (Lipinski definition) is 1. The highest BCUT2D eigenvalue weighted by atomic mass is 16.5. The van der Waals surface area contributed by atoms with Crippen molar-refractivity contribution in [1.29, 1.82) is 0 Å². The van der Waals surface area contributed by atoms with E-state index in [2.05, 4.69) is 0 Å². The largest absolute Gasteiger partial charge is 0.507 e. The Morgan fingerprint density at radius 2 is 1.66 bits per heavy atom. The lowest BCUT2D eigenvalue weighted by molar-refractivity contribution is -0.140. The van der Waals surface area contributed by atoms with E-state index in [0.29, 0.717) is 28.4 Å². The second kappa shape index (κ2) is 9.74. The van der Waals surface area contributed by atoms with Gasteiger partial charge in [-0.3, -0.25) is 9.59 Å². The van der Waals surface area contributed by atoms with Crippen molar-refractivity contribution in [1.82, 2.24) is 4.90 Å². The van der Waals surface area contributed by atoms with Crippen molar-refractivity contribution in [2.75, 3.05) is 41.6 Å². The standard InChI is InChI=1S/C24H27NO7/c1-14-12-15(6-8-18(14)31-4)22(26)20-21(25(10-11-29-2)24(28)23(20)27)17-13-16(30-3)7-9-19(17)32-5/h6-9,12-13,21,26H,10-11H2,1-5H3/b22-20+/t21-/m0/s1. The molecule has 0 bridgehead atoms. The van der Waals surface area contributed by atoms with Gasteiger partial charge in [-0.1, -0.05) is 0 Å². The number of Topliss-reactive ketones (excluding diaryl/α,β-unsaturated/α-hetero) is 1. The van der Waals surface area contributed by atoms with E-state index in [1.165, 1.54) is 26.2 Å². The van der Waals surface area contributed by atoms with Gasteiger partial charge < -0.3 is 29.0 Å². The Balaban J connectivity index is 2.25. The van der Waals surface area contributed by atoms with E-state index < -0.39 is 17.7 Å². The predicted octanol–water partition coefficient (Wildman–Crippen LogP) is 3.09. The molecule has 0 spiro atoms. The lowest BCUT2D eigenvalue weighted by atomic mass is 9.94. The van der Waals surface area contributed by atoms with Gasteiger partial charge in [-0.2, -0.15) is 0 Å². The van der Waals surface area contributed by atoms with Crippen LogP contribution in [0.15, 0.2) is 42.0 Å². The van der Waals surface area contributed by atoms with Gasteiger partial charge in [-0.25, -0.2) is 0 Å². The molecule has 0 unspecified atom stereocenters. The van der Waals surface area contributed by atoms with Gasteiger partial charge in [0.05, 0.1) is 39.6 Å². The molecule has 1 fully saturated rings. The molecule has 2 aromatic rings. The quantitative estimate of drug-likeness (QED) is 0.382. The highest BCUT2D eigenvalue weighted by molar-refractivity contribution is 6.46. The molecule has 0 saturated carbocycles. The average molecular weight is 441 g/mol. The molecule has 1 aliphatic rings. The van der Waals surface area contributed by atoms with Gasteiger partial charge in [0, 0.05) is 24.8 Å². The molecule has 0 aromatic heterocycles. The van der Waals surface area contributed by atoms with Crippen molar-refractivity contribution in [3.05, 3.63) is 58.7 Å². The van der Waals surface area contributed by atoms with Gasteiger partial charge in [0.15, 0.2) is 0 Å². The van der Waals surface area contributed by atoms with E-state index in [0.717, 1.165) is 5.56 Å². The second-order valence-electron chi connectivity index (χ2n) is 7.28. The summed E-state index contributed by atoms with van der Waals surface area (Å²) in [5, 5.41) is 11.2. The molecule has 8 heteroatoms. The smallest absolute Gasteiger partial charge is 0.295 e. The maximum atomic E-state index is 13.1. The maximum absolute atomic E-state index is 13.1. The third kappa shape index (κ3) is 4.13. The summed E-state index contributed by atoms with van der Waals surface area (Å²) in [7, 11) is 6.09. The van der Waals surface area contributed by atoms with E-state index in [1.54, 1.807) is 43.5 Å². The van der Waals surface area contributed by atoms with Gasteiger partial charge >= 0.3 is 0 Å². The van der Waals surface area contributed by atoms with Crippen LogP contribution in [0, 0.1) is 6.92 Å². The summed E-state index contributed by atoms with van der Waals surface area (Å²) in [5.41, 5.74) is 1.68. The first kappa shape index (κ1) is 23.1. The molecule has 0 aliphatic carbocycles. The summed E-state index contributed by atoms with van der Waals surface area (Å²) in [4.78, 5) is 27.4. The lowest BCUT2D eigenvalue weighted by Gasteiger charge is -2.26. The molecular formula is C24H27NO7. The van der Waals surface area contributed by atoms with E-state index in [-0.39, 0.29) is 24.5 Å². The molecule has 1 aliphatic heterocycles. The summed E-state index contributed by atoms with van der Waals surface area (Å²) in [6, 6.07) is 9.28. The molecule has 3 rings (SSSR count). The molecule has 8 nitrogen and oxygen atoms in total. The third-order valence-electron chi connectivity index (χ3n) is 5.48. The fraction of sp³-hybridized carbons (Fsp3) is 0.333. The van der Waals surface area contributed by atoms with Gasteiger partial charge in [-0.15, -0.1) is 0 Å². The van der Waals surface area contributed by atoms with Crippen LogP contribution in [0.4, 0.5) is 0 Å².